The Morgan fingerprint density at radius 1 is 0.806 bits per heavy atom. The fraction of sp³-hybridized carbons (Fsp3) is 0.333. The Morgan fingerprint density at radius 3 is 1.65 bits per heavy atom. The van der Waals surface area contributed by atoms with Crippen LogP contribution in [0.25, 0.3) is 0 Å². The maximum Gasteiger partial charge on any atom is 0.126 e. The molecule has 0 aliphatic heterocycles. The molecule has 0 atom stereocenters. The molecule has 31 heavy (non-hydrogen) atoms. The van der Waals surface area contributed by atoms with Gasteiger partial charge in [0.05, 0.1) is 6.61 Å². The van der Waals surface area contributed by atoms with Crippen molar-refractivity contribution in [2.24, 2.45) is 0 Å². The SMILES string of the molecule is C.C=C.C=COOOC=C.CCCOc1ccc(C(C)(C)c2ccc(CC)cc2)cc1. The second kappa shape index (κ2) is 17.8. The van der Waals surface area contributed by atoms with Crippen molar-refractivity contribution in [2.45, 2.75) is 53.4 Å². The fourth-order valence-electron chi connectivity index (χ4n) is 2.59. The summed E-state index contributed by atoms with van der Waals surface area (Å²) in [4.78, 5) is 8.09. The lowest BCUT2D eigenvalue weighted by molar-refractivity contribution is -0.464. The third kappa shape index (κ3) is 11.1. The van der Waals surface area contributed by atoms with E-state index in [0.29, 0.717) is 0 Å². The van der Waals surface area contributed by atoms with Gasteiger partial charge in [-0.05, 0) is 41.7 Å². The zero-order chi connectivity index (χ0) is 22.8. The Kier molecular flexibility index (Phi) is 17.4. The quantitative estimate of drug-likeness (QED) is 0.126. The average molecular weight is 429 g/mol. The van der Waals surface area contributed by atoms with E-state index in [0.717, 1.165) is 37.7 Å². The Hall–Kier alpha value is -2.98. The van der Waals surface area contributed by atoms with Gasteiger partial charge in [0, 0.05) is 10.5 Å². The van der Waals surface area contributed by atoms with Gasteiger partial charge in [0.25, 0.3) is 0 Å². The van der Waals surface area contributed by atoms with Gasteiger partial charge in [-0.3, -0.25) is 0 Å². The van der Waals surface area contributed by atoms with Crippen molar-refractivity contribution in [2.75, 3.05) is 6.61 Å². The molecule has 0 aromatic heterocycles. The predicted octanol–water partition coefficient (Wildman–Crippen LogP) is 7.96. The van der Waals surface area contributed by atoms with Crippen molar-refractivity contribution in [3.05, 3.63) is 104 Å². The predicted molar refractivity (Wildman–Crippen MR) is 132 cm³/mol. The van der Waals surface area contributed by atoms with Crippen LogP contribution in [0.4, 0.5) is 0 Å². The summed E-state index contributed by atoms with van der Waals surface area (Å²) in [7, 11) is 0. The summed E-state index contributed by atoms with van der Waals surface area (Å²) in [6, 6.07) is 17.5. The minimum atomic E-state index is 0. The van der Waals surface area contributed by atoms with Crippen molar-refractivity contribution < 1.29 is 19.6 Å². The van der Waals surface area contributed by atoms with Gasteiger partial charge in [0.1, 0.15) is 18.3 Å². The first-order valence-corrected chi connectivity index (χ1v) is 10.0. The van der Waals surface area contributed by atoms with Crippen LogP contribution in [0.15, 0.2) is 87.4 Å². The van der Waals surface area contributed by atoms with Gasteiger partial charge in [-0.1, -0.05) is 84.7 Å². The van der Waals surface area contributed by atoms with Crippen LogP contribution < -0.4 is 4.74 Å². The number of rotatable bonds is 10. The highest BCUT2D eigenvalue weighted by Crippen LogP contribution is 2.32. The number of ether oxygens (including phenoxy) is 1. The third-order valence-electron chi connectivity index (χ3n) is 4.35. The fourth-order valence-corrected chi connectivity index (χ4v) is 2.59. The first kappa shape index (κ1) is 30.2. The molecule has 2 aromatic rings. The smallest absolute Gasteiger partial charge is 0.126 e. The molecule has 0 saturated carbocycles. The van der Waals surface area contributed by atoms with Crippen LogP contribution in [-0.4, -0.2) is 6.61 Å². The molecule has 4 nitrogen and oxygen atoms in total. The number of hydrogen-bond acceptors (Lipinski definition) is 4. The van der Waals surface area contributed by atoms with Crippen molar-refractivity contribution in [3.63, 3.8) is 0 Å². The van der Waals surface area contributed by atoms with Crippen LogP contribution in [0, 0.1) is 0 Å². The summed E-state index contributed by atoms with van der Waals surface area (Å²) >= 11 is 0. The number of benzene rings is 2. The van der Waals surface area contributed by atoms with Crippen LogP contribution in [-0.2, 0) is 26.6 Å². The Bertz CT molecular complexity index is 695. The van der Waals surface area contributed by atoms with Crippen LogP contribution in [0.3, 0.4) is 0 Å². The van der Waals surface area contributed by atoms with Gasteiger partial charge in [-0.2, -0.15) is 0 Å². The number of aryl methyl sites for hydroxylation is 1. The van der Waals surface area contributed by atoms with Gasteiger partial charge >= 0.3 is 0 Å². The highest BCUT2D eigenvalue weighted by atomic mass is 17.5. The van der Waals surface area contributed by atoms with E-state index in [2.05, 4.69) is 117 Å². The van der Waals surface area contributed by atoms with Gasteiger partial charge < -0.3 is 14.5 Å². The lowest BCUT2D eigenvalue weighted by Crippen LogP contribution is -2.18. The second-order valence-corrected chi connectivity index (χ2v) is 6.64. The van der Waals surface area contributed by atoms with Crippen molar-refractivity contribution >= 4 is 0 Å². The van der Waals surface area contributed by atoms with Crippen LogP contribution in [0.5, 0.6) is 5.75 Å². The summed E-state index contributed by atoms with van der Waals surface area (Å²) in [6.07, 6.45) is 4.30. The van der Waals surface area contributed by atoms with E-state index >= 15 is 0 Å². The molecule has 0 spiro atoms. The Labute approximate surface area is 189 Å². The molecule has 4 heteroatoms. The molecule has 0 amide bonds. The molecular formula is C27H40O4. The molecule has 0 bridgehead atoms. The Balaban J connectivity index is 0. The molecule has 0 radical (unpaired) electrons. The van der Waals surface area contributed by atoms with E-state index in [-0.39, 0.29) is 12.8 Å². The maximum absolute atomic E-state index is 5.66. The standard InChI is InChI=1S/C20H26O.C4H6O3.C2H4.CH4/c1-5-15-21-19-13-11-18(12-14-19)20(3,4)17-9-7-16(6-2)8-10-17;1-3-5-7-6-4-2;1-2;/h7-14H,5-6,15H2,1-4H3;3-4H,1-2H2;1-2H2;1H4. The molecule has 0 heterocycles. The van der Waals surface area contributed by atoms with E-state index in [4.69, 9.17) is 4.74 Å². The molecule has 0 fully saturated rings. The van der Waals surface area contributed by atoms with Crippen LogP contribution in [0.1, 0.15) is 58.2 Å². The van der Waals surface area contributed by atoms with Crippen LogP contribution >= 0.6 is 0 Å². The van der Waals surface area contributed by atoms with Crippen molar-refractivity contribution in [1.82, 2.24) is 0 Å². The molecule has 0 unspecified atom stereocenters. The van der Waals surface area contributed by atoms with Crippen molar-refractivity contribution in [3.8, 4) is 5.75 Å². The Morgan fingerprint density at radius 2 is 1.26 bits per heavy atom. The average Bonchev–Trinajstić information content (AvgIpc) is 2.80. The van der Waals surface area contributed by atoms with Gasteiger partial charge in [-0.25, -0.2) is 0 Å². The molecule has 2 aromatic carbocycles. The monoisotopic (exact) mass is 428 g/mol. The molecule has 2 rings (SSSR count). The highest BCUT2D eigenvalue weighted by Gasteiger charge is 2.22. The van der Waals surface area contributed by atoms with E-state index in [1.165, 1.54) is 16.7 Å². The van der Waals surface area contributed by atoms with E-state index in [1.807, 2.05) is 0 Å². The normalized spacial score (nSPS) is 9.42. The lowest BCUT2D eigenvalue weighted by Gasteiger charge is -2.26. The third-order valence-corrected chi connectivity index (χ3v) is 4.35. The molecule has 0 saturated heterocycles. The molecule has 0 N–H and O–H groups in total. The first-order chi connectivity index (χ1) is 14.5. The minimum Gasteiger partial charge on any atom is -0.494 e. The lowest BCUT2D eigenvalue weighted by atomic mass is 9.78. The summed E-state index contributed by atoms with van der Waals surface area (Å²) in [5.74, 6) is 0.956. The van der Waals surface area contributed by atoms with Crippen molar-refractivity contribution in [1.29, 1.82) is 0 Å². The molecule has 172 valence electrons. The van der Waals surface area contributed by atoms with E-state index in [1.54, 1.807) is 0 Å². The van der Waals surface area contributed by atoms with Gasteiger partial charge in [0.15, 0.2) is 0 Å². The van der Waals surface area contributed by atoms with Gasteiger partial charge in [0.2, 0.25) is 0 Å². The molecule has 0 aliphatic carbocycles. The topological polar surface area (TPSA) is 36.9 Å². The highest BCUT2D eigenvalue weighted by molar-refractivity contribution is 5.40. The summed E-state index contributed by atoms with van der Waals surface area (Å²) in [6.45, 7) is 22.0. The largest absolute Gasteiger partial charge is 0.494 e. The van der Waals surface area contributed by atoms with Crippen LogP contribution in [0.2, 0.25) is 0 Å². The minimum absolute atomic E-state index is 0. The zero-order valence-corrected chi connectivity index (χ0v) is 18.9. The summed E-state index contributed by atoms with van der Waals surface area (Å²) in [5, 5.41) is 3.90. The molecule has 0 aliphatic rings. The van der Waals surface area contributed by atoms with Gasteiger partial charge in [-0.15, -0.1) is 13.2 Å². The number of hydrogen-bond donors (Lipinski definition) is 0. The first-order valence-electron chi connectivity index (χ1n) is 10.0. The maximum atomic E-state index is 5.66. The van der Waals surface area contributed by atoms with E-state index < -0.39 is 0 Å². The zero-order valence-electron chi connectivity index (χ0n) is 18.9. The summed E-state index contributed by atoms with van der Waals surface area (Å²) in [5.41, 5.74) is 4.06. The van der Waals surface area contributed by atoms with E-state index in [9.17, 15) is 0 Å². The second-order valence-electron chi connectivity index (χ2n) is 6.64. The molecular weight excluding hydrogens is 388 g/mol. The summed E-state index contributed by atoms with van der Waals surface area (Å²) < 4.78 is 5.66.